The molecule has 2 heterocycles. The third-order valence-corrected chi connectivity index (χ3v) is 3.78. The minimum Gasteiger partial charge on any atom is -0.424 e. The van der Waals surface area contributed by atoms with Gasteiger partial charge in [0, 0.05) is 27.1 Å². The zero-order chi connectivity index (χ0) is 14.9. The van der Waals surface area contributed by atoms with Gasteiger partial charge in [-0.3, -0.25) is 4.57 Å². The van der Waals surface area contributed by atoms with Crippen LogP contribution in [0.4, 0.5) is 5.95 Å². The van der Waals surface area contributed by atoms with Gasteiger partial charge in [0.25, 0.3) is 0 Å². The van der Waals surface area contributed by atoms with E-state index in [-0.39, 0.29) is 11.3 Å². The molecule has 0 fully saturated rings. The summed E-state index contributed by atoms with van der Waals surface area (Å²) in [5.74, 6) is 2.03. The largest absolute Gasteiger partial charge is 0.424 e. The highest BCUT2D eigenvalue weighted by molar-refractivity contribution is 7.99. The Balaban J connectivity index is 2.25. The molecule has 8 heteroatoms. The molecule has 0 spiro atoms. The summed E-state index contributed by atoms with van der Waals surface area (Å²) in [5.41, 5.74) is 0. The molecular formula is C12H20N6OS. The molecule has 0 unspecified atom stereocenters. The molecule has 2 rings (SSSR count). The van der Waals surface area contributed by atoms with Crippen LogP contribution >= 0.6 is 11.8 Å². The van der Waals surface area contributed by atoms with E-state index >= 15 is 0 Å². The minimum atomic E-state index is 0.0351. The second kappa shape index (κ2) is 5.82. The van der Waals surface area contributed by atoms with E-state index in [4.69, 9.17) is 4.42 Å². The van der Waals surface area contributed by atoms with Gasteiger partial charge in [0.15, 0.2) is 5.16 Å². The molecule has 0 N–H and O–H groups in total. The highest BCUT2D eigenvalue weighted by Gasteiger charge is 2.21. The van der Waals surface area contributed by atoms with Crippen molar-refractivity contribution >= 4 is 17.7 Å². The van der Waals surface area contributed by atoms with E-state index in [0.717, 1.165) is 11.1 Å². The van der Waals surface area contributed by atoms with Gasteiger partial charge in [0.2, 0.25) is 17.7 Å². The first-order valence-electron chi connectivity index (χ1n) is 6.49. The molecule has 7 nitrogen and oxygen atoms in total. The molecule has 110 valence electrons. The summed E-state index contributed by atoms with van der Waals surface area (Å²) in [5, 5.41) is 17.3. The van der Waals surface area contributed by atoms with Crippen LogP contribution in [0.2, 0.25) is 0 Å². The first-order valence-corrected chi connectivity index (χ1v) is 7.37. The van der Waals surface area contributed by atoms with Crippen LogP contribution in [0.15, 0.2) is 9.57 Å². The van der Waals surface area contributed by atoms with Crippen LogP contribution in [0, 0.1) is 6.92 Å². The lowest BCUT2D eigenvalue weighted by Gasteiger charge is -2.18. The van der Waals surface area contributed by atoms with Crippen molar-refractivity contribution in [1.29, 1.82) is 0 Å². The summed E-state index contributed by atoms with van der Waals surface area (Å²) < 4.78 is 7.56. The Morgan fingerprint density at radius 1 is 1.10 bits per heavy atom. The van der Waals surface area contributed by atoms with Gasteiger partial charge in [-0.15, -0.1) is 20.4 Å². The van der Waals surface area contributed by atoms with Crippen LogP contribution in [0.3, 0.4) is 0 Å². The number of aromatic nitrogens is 5. The van der Waals surface area contributed by atoms with Crippen molar-refractivity contribution in [3.8, 4) is 0 Å². The van der Waals surface area contributed by atoms with Crippen LogP contribution in [-0.2, 0) is 0 Å². The van der Waals surface area contributed by atoms with Crippen molar-refractivity contribution < 1.29 is 4.42 Å². The Bertz CT molecular complexity index is 576. The Kier molecular flexibility index (Phi) is 4.32. The maximum atomic E-state index is 5.46. The van der Waals surface area contributed by atoms with Crippen molar-refractivity contribution in [2.75, 3.05) is 19.0 Å². The molecule has 0 saturated heterocycles. The quantitative estimate of drug-likeness (QED) is 0.785. The Morgan fingerprint density at radius 2 is 1.80 bits per heavy atom. The number of rotatable bonds is 5. The van der Waals surface area contributed by atoms with Crippen molar-refractivity contribution in [2.24, 2.45) is 0 Å². The summed E-state index contributed by atoms with van der Waals surface area (Å²) in [6.07, 6.45) is 0. The molecule has 20 heavy (non-hydrogen) atoms. The molecule has 0 aromatic carbocycles. The van der Waals surface area contributed by atoms with Crippen LogP contribution in [0.5, 0.6) is 0 Å². The van der Waals surface area contributed by atoms with Crippen molar-refractivity contribution in [3.05, 3.63) is 11.8 Å². The average Bonchev–Trinajstić information content (AvgIpc) is 2.95. The van der Waals surface area contributed by atoms with E-state index in [2.05, 4.69) is 38.8 Å². The zero-order valence-electron chi connectivity index (χ0n) is 12.7. The number of nitrogens with zero attached hydrogens (tertiary/aromatic N) is 6. The minimum absolute atomic E-state index is 0.0351. The summed E-state index contributed by atoms with van der Waals surface area (Å²) in [4.78, 5) is 1.96. The van der Waals surface area contributed by atoms with Crippen LogP contribution in [-0.4, -0.2) is 39.1 Å². The number of anilines is 1. The fourth-order valence-electron chi connectivity index (χ4n) is 1.79. The normalized spacial score (nSPS) is 12.9. The predicted molar refractivity (Wildman–Crippen MR) is 78.0 cm³/mol. The van der Waals surface area contributed by atoms with Crippen LogP contribution in [0.25, 0.3) is 0 Å². The summed E-state index contributed by atoms with van der Waals surface area (Å²) >= 11 is 1.57. The molecule has 0 radical (unpaired) electrons. The average molecular weight is 296 g/mol. The van der Waals surface area contributed by atoms with Gasteiger partial charge in [-0.25, -0.2) is 0 Å². The molecule has 0 aliphatic heterocycles. The lowest BCUT2D eigenvalue weighted by Crippen LogP contribution is -2.17. The van der Waals surface area contributed by atoms with Crippen molar-refractivity contribution in [1.82, 2.24) is 25.0 Å². The summed E-state index contributed by atoms with van der Waals surface area (Å²) in [6, 6.07) is 0.279. The second-order valence-electron chi connectivity index (χ2n) is 5.06. The lowest BCUT2D eigenvalue weighted by molar-refractivity contribution is 0.469. The standard InChI is InChI=1S/C12H20N6OS/c1-7(2)18-11(17(5)6)15-16-12(18)20-8(3)10-14-13-9(4)19-10/h7-8H,1-6H3/t8-/m1/s1. The fourth-order valence-corrected chi connectivity index (χ4v) is 2.80. The van der Waals surface area contributed by atoms with Gasteiger partial charge in [-0.1, -0.05) is 11.8 Å². The summed E-state index contributed by atoms with van der Waals surface area (Å²) in [7, 11) is 3.92. The van der Waals surface area contributed by atoms with Gasteiger partial charge in [0.05, 0.1) is 5.25 Å². The number of thioether (sulfide) groups is 1. The first kappa shape index (κ1) is 14.8. The number of hydrogen-bond acceptors (Lipinski definition) is 7. The molecule has 0 amide bonds. The maximum absolute atomic E-state index is 5.46. The molecule has 0 aliphatic rings. The predicted octanol–water partition coefficient (Wildman–Crippen LogP) is 2.47. The maximum Gasteiger partial charge on any atom is 0.229 e. The lowest BCUT2D eigenvalue weighted by atomic mass is 10.4. The van der Waals surface area contributed by atoms with E-state index in [1.807, 2.05) is 25.9 Å². The van der Waals surface area contributed by atoms with E-state index in [1.165, 1.54) is 0 Å². The second-order valence-corrected chi connectivity index (χ2v) is 6.37. The van der Waals surface area contributed by atoms with Gasteiger partial charge in [0.1, 0.15) is 0 Å². The highest BCUT2D eigenvalue weighted by atomic mass is 32.2. The smallest absolute Gasteiger partial charge is 0.229 e. The molecule has 0 aliphatic carbocycles. The summed E-state index contributed by atoms with van der Waals surface area (Å²) in [6.45, 7) is 8.03. The number of hydrogen-bond donors (Lipinski definition) is 0. The molecule has 1 atom stereocenters. The highest BCUT2D eigenvalue weighted by Crippen LogP contribution is 2.35. The monoisotopic (exact) mass is 296 g/mol. The van der Waals surface area contributed by atoms with E-state index in [0.29, 0.717) is 11.8 Å². The van der Waals surface area contributed by atoms with Gasteiger partial charge >= 0.3 is 0 Å². The van der Waals surface area contributed by atoms with E-state index in [9.17, 15) is 0 Å². The van der Waals surface area contributed by atoms with E-state index in [1.54, 1.807) is 18.7 Å². The molecular weight excluding hydrogens is 276 g/mol. The van der Waals surface area contributed by atoms with Gasteiger partial charge < -0.3 is 9.32 Å². The Hall–Kier alpha value is -1.57. The first-order chi connectivity index (χ1) is 9.40. The van der Waals surface area contributed by atoms with Gasteiger partial charge in [-0.05, 0) is 20.8 Å². The molecule has 2 aromatic rings. The topological polar surface area (TPSA) is 72.9 Å². The van der Waals surface area contributed by atoms with Crippen LogP contribution < -0.4 is 4.90 Å². The van der Waals surface area contributed by atoms with Crippen LogP contribution in [0.1, 0.15) is 43.8 Å². The zero-order valence-corrected chi connectivity index (χ0v) is 13.5. The van der Waals surface area contributed by atoms with Crippen molar-refractivity contribution in [2.45, 2.75) is 44.1 Å². The third-order valence-electron chi connectivity index (χ3n) is 2.73. The fraction of sp³-hybridized carbons (Fsp3) is 0.667. The van der Waals surface area contributed by atoms with E-state index < -0.39 is 0 Å². The number of aryl methyl sites for hydroxylation is 1. The molecule has 2 aromatic heterocycles. The Morgan fingerprint density at radius 3 is 2.30 bits per heavy atom. The third kappa shape index (κ3) is 2.95. The van der Waals surface area contributed by atoms with Gasteiger partial charge in [-0.2, -0.15) is 0 Å². The molecule has 0 bridgehead atoms. The van der Waals surface area contributed by atoms with Crippen molar-refractivity contribution in [3.63, 3.8) is 0 Å². The SMILES string of the molecule is Cc1nnc([C@@H](C)Sc2nnc(N(C)C)n2C(C)C)o1. The Labute approximate surface area is 122 Å². The molecule has 0 saturated carbocycles.